The van der Waals surface area contributed by atoms with E-state index in [4.69, 9.17) is 26.2 Å². The molecule has 1 aromatic carbocycles. The third kappa shape index (κ3) is 5.58. The van der Waals surface area contributed by atoms with Gasteiger partial charge < -0.3 is 24.8 Å². The number of carbonyl (C=O) groups excluding carboxylic acids is 2. The number of rotatable bonds is 8. The number of ether oxygens (including phenoxy) is 2. The highest BCUT2D eigenvalue weighted by atomic mass is 35.5. The maximum atomic E-state index is 12.2. The lowest BCUT2D eigenvalue weighted by Crippen LogP contribution is -2.34. The Morgan fingerprint density at radius 2 is 1.93 bits per heavy atom. The molecule has 1 fully saturated rings. The number of aliphatic carboxylic acids is 1. The van der Waals surface area contributed by atoms with Crippen LogP contribution in [0, 0.1) is 0 Å². The van der Waals surface area contributed by atoms with E-state index < -0.39 is 24.1 Å². The molecule has 27 heavy (non-hydrogen) atoms. The van der Waals surface area contributed by atoms with E-state index in [2.05, 4.69) is 5.32 Å². The number of carboxylic acid groups (broad SMARTS) is 1. The molecule has 9 heteroatoms. The summed E-state index contributed by atoms with van der Waals surface area (Å²) in [4.78, 5) is 36.7. The van der Waals surface area contributed by atoms with Crippen LogP contribution in [0.4, 0.5) is 5.69 Å². The van der Waals surface area contributed by atoms with Gasteiger partial charge in [-0.2, -0.15) is 0 Å². The average molecular weight is 399 g/mol. The van der Waals surface area contributed by atoms with Gasteiger partial charge in [0, 0.05) is 18.8 Å². The van der Waals surface area contributed by atoms with Gasteiger partial charge in [-0.05, 0) is 44.9 Å². The minimum atomic E-state index is -1.07. The van der Waals surface area contributed by atoms with E-state index in [0.717, 1.165) is 0 Å². The number of carbonyl (C=O) groups is 3. The van der Waals surface area contributed by atoms with Gasteiger partial charge in [0.1, 0.15) is 11.9 Å². The standard InChI is InChI=1S/C18H23ClN2O6/c1-3-21(4-2)16(22)10-26-13-6-5-11(9-12(13)19)20-17(23)14-7-8-15(27-14)18(24)25/h5-6,9,14-15H,3-4,7-8,10H2,1-2H3,(H,20,23)(H,24,25)/t14-,15+/m0/s1. The van der Waals surface area contributed by atoms with E-state index in [1.807, 2.05) is 13.8 Å². The van der Waals surface area contributed by atoms with Crippen molar-refractivity contribution in [2.75, 3.05) is 25.0 Å². The topological polar surface area (TPSA) is 105 Å². The summed E-state index contributed by atoms with van der Waals surface area (Å²) in [5.41, 5.74) is 0.426. The first kappa shape index (κ1) is 21.0. The predicted molar refractivity (Wildman–Crippen MR) is 99.0 cm³/mol. The molecule has 0 aromatic heterocycles. The SMILES string of the molecule is CCN(CC)C(=O)COc1ccc(NC(=O)[C@@H]2CC[C@H](C(=O)O)O2)cc1Cl. The molecule has 1 aromatic rings. The van der Waals surface area contributed by atoms with Crippen LogP contribution in [0.3, 0.4) is 0 Å². The molecule has 0 spiro atoms. The lowest BCUT2D eigenvalue weighted by atomic mass is 10.2. The third-order valence-electron chi connectivity index (χ3n) is 4.25. The number of carboxylic acids is 1. The summed E-state index contributed by atoms with van der Waals surface area (Å²) >= 11 is 6.16. The molecule has 0 aliphatic carbocycles. The van der Waals surface area contributed by atoms with Crippen LogP contribution in [0.2, 0.25) is 5.02 Å². The molecule has 1 saturated heterocycles. The Morgan fingerprint density at radius 3 is 2.48 bits per heavy atom. The summed E-state index contributed by atoms with van der Waals surface area (Å²) < 4.78 is 10.7. The van der Waals surface area contributed by atoms with Gasteiger partial charge in [-0.15, -0.1) is 0 Å². The van der Waals surface area contributed by atoms with Gasteiger partial charge in [0.25, 0.3) is 11.8 Å². The first-order chi connectivity index (χ1) is 12.8. The maximum absolute atomic E-state index is 12.2. The minimum Gasteiger partial charge on any atom is -0.482 e. The number of hydrogen-bond donors (Lipinski definition) is 2. The fourth-order valence-corrected chi connectivity index (χ4v) is 2.97. The highest BCUT2D eigenvalue weighted by Gasteiger charge is 2.34. The number of likely N-dealkylation sites (N-methyl/N-ethyl adjacent to an activating group) is 1. The maximum Gasteiger partial charge on any atom is 0.332 e. The van der Waals surface area contributed by atoms with Crippen LogP contribution >= 0.6 is 11.6 Å². The number of amides is 2. The Bertz CT molecular complexity index is 707. The predicted octanol–water partition coefficient (Wildman–Crippen LogP) is 2.16. The molecule has 0 radical (unpaired) electrons. The minimum absolute atomic E-state index is 0.125. The highest BCUT2D eigenvalue weighted by Crippen LogP contribution is 2.28. The average Bonchev–Trinajstić information content (AvgIpc) is 3.12. The molecule has 2 N–H and O–H groups in total. The second-order valence-corrected chi connectivity index (χ2v) is 6.43. The van der Waals surface area contributed by atoms with E-state index >= 15 is 0 Å². The van der Waals surface area contributed by atoms with Gasteiger partial charge in [-0.1, -0.05) is 11.6 Å². The van der Waals surface area contributed by atoms with Crippen molar-refractivity contribution < 1.29 is 29.0 Å². The molecule has 1 heterocycles. The van der Waals surface area contributed by atoms with E-state index in [1.54, 1.807) is 17.0 Å². The Kier molecular flexibility index (Phi) is 7.44. The van der Waals surface area contributed by atoms with Gasteiger partial charge in [-0.3, -0.25) is 9.59 Å². The number of anilines is 1. The summed E-state index contributed by atoms with van der Waals surface area (Å²) in [6.45, 7) is 4.85. The monoisotopic (exact) mass is 398 g/mol. The number of nitrogens with zero attached hydrogens (tertiary/aromatic N) is 1. The zero-order chi connectivity index (χ0) is 20.0. The quantitative estimate of drug-likeness (QED) is 0.695. The lowest BCUT2D eigenvalue weighted by molar-refractivity contribution is -0.150. The molecule has 0 bridgehead atoms. The Hall–Kier alpha value is -2.32. The van der Waals surface area contributed by atoms with Crippen molar-refractivity contribution in [3.8, 4) is 5.75 Å². The molecule has 8 nitrogen and oxygen atoms in total. The summed E-state index contributed by atoms with van der Waals surface area (Å²) in [6.07, 6.45) is -1.14. The van der Waals surface area contributed by atoms with Crippen molar-refractivity contribution in [1.82, 2.24) is 4.90 Å². The van der Waals surface area contributed by atoms with Crippen molar-refractivity contribution in [3.63, 3.8) is 0 Å². The molecular weight excluding hydrogens is 376 g/mol. The van der Waals surface area contributed by atoms with Crippen molar-refractivity contribution in [2.45, 2.75) is 38.9 Å². The van der Waals surface area contributed by atoms with Gasteiger partial charge in [-0.25, -0.2) is 4.79 Å². The van der Waals surface area contributed by atoms with E-state index in [0.29, 0.717) is 37.4 Å². The second-order valence-electron chi connectivity index (χ2n) is 6.02. The molecule has 148 valence electrons. The lowest BCUT2D eigenvalue weighted by Gasteiger charge is -2.19. The number of nitrogens with one attached hydrogen (secondary N) is 1. The van der Waals surface area contributed by atoms with E-state index in [9.17, 15) is 14.4 Å². The molecule has 1 aliphatic rings. The molecular formula is C18H23ClN2O6. The van der Waals surface area contributed by atoms with Crippen LogP contribution < -0.4 is 10.1 Å². The fraction of sp³-hybridized carbons (Fsp3) is 0.500. The number of benzene rings is 1. The van der Waals surface area contributed by atoms with Crippen molar-refractivity contribution in [1.29, 1.82) is 0 Å². The van der Waals surface area contributed by atoms with Crippen LogP contribution in [-0.2, 0) is 19.1 Å². The second kappa shape index (κ2) is 9.57. The number of hydrogen-bond acceptors (Lipinski definition) is 5. The van der Waals surface area contributed by atoms with Crippen LogP contribution in [0.5, 0.6) is 5.75 Å². The van der Waals surface area contributed by atoms with E-state index in [-0.39, 0.29) is 17.5 Å². The Morgan fingerprint density at radius 1 is 1.26 bits per heavy atom. The molecule has 2 amide bonds. The highest BCUT2D eigenvalue weighted by molar-refractivity contribution is 6.32. The van der Waals surface area contributed by atoms with Crippen LogP contribution in [0.1, 0.15) is 26.7 Å². The first-order valence-electron chi connectivity index (χ1n) is 8.74. The van der Waals surface area contributed by atoms with Crippen LogP contribution in [0.15, 0.2) is 18.2 Å². The normalized spacial score (nSPS) is 18.8. The zero-order valence-electron chi connectivity index (χ0n) is 15.2. The zero-order valence-corrected chi connectivity index (χ0v) is 16.0. The molecule has 0 unspecified atom stereocenters. The van der Waals surface area contributed by atoms with Gasteiger partial charge >= 0.3 is 5.97 Å². The molecule has 2 atom stereocenters. The molecule has 2 rings (SSSR count). The van der Waals surface area contributed by atoms with E-state index in [1.165, 1.54) is 6.07 Å². The summed E-state index contributed by atoms with van der Waals surface area (Å²) in [7, 11) is 0. The third-order valence-corrected chi connectivity index (χ3v) is 4.55. The summed E-state index contributed by atoms with van der Waals surface area (Å²) in [6, 6.07) is 4.65. The number of halogens is 1. The smallest absolute Gasteiger partial charge is 0.332 e. The van der Waals surface area contributed by atoms with Crippen LogP contribution in [-0.4, -0.2) is 59.7 Å². The Labute approximate surface area is 162 Å². The largest absolute Gasteiger partial charge is 0.482 e. The molecule has 0 saturated carbocycles. The van der Waals surface area contributed by atoms with Gasteiger partial charge in [0.2, 0.25) is 0 Å². The first-order valence-corrected chi connectivity index (χ1v) is 9.12. The van der Waals surface area contributed by atoms with Crippen molar-refractivity contribution in [2.24, 2.45) is 0 Å². The van der Waals surface area contributed by atoms with Crippen molar-refractivity contribution in [3.05, 3.63) is 23.2 Å². The van der Waals surface area contributed by atoms with Gasteiger partial charge in [0.15, 0.2) is 12.7 Å². The van der Waals surface area contributed by atoms with Crippen molar-refractivity contribution >= 4 is 35.1 Å². The fourth-order valence-electron chi connectivity index (χ4n) is 2.74. The van der Waals surface area contributed by atoms with Gasteiger partial charge in [0.05, 0.1) is 5.02 Å². The summed E-state index contributed by atoms with van der Waals surface area (Å²) in [5, 5.41) is 11.8. The Balaban J connectivity index is 1.91. The summed E-state index contributed by atoms with van der Waals surface area (Å²) in [5.74, 6) is -1.31. The molecule has 1 aliphatic heterocycles. The van der Waals surface area contributed by atoms with Crippen LogP contribution in [0.25, 0.3) is 0 Å².